The van der Waals surface area contributed by atoms with Crippen LogP contribution in [0.4, 0.5) is 11.8 Å². The van der Waals surface area contributed by atoms with Crippen LogP contribution in [0.15, 0.2) is 71.9 Å². The Morgan fingerprint density at radius 1 is 1.09 bits per heavy atom. The van der Waals surface area contributed by atoms with E-state index in [-0.39, 0.29) is 22.9 Å². The molecule has 10 heteroatoms. The van der Waals surface area contributed by atoms with Crippen molar-refractivity contribution in [1.29, 1.82) is 5.26 Å². The van der Waals surface area contributed by atoms with E-state index in [1.165, 1.54) is 6.20 Å². The highest BCUT2D eigenvalue weighted by atomic mass is 16.1. The number of nitrogens with zero attached hydrogens (tertiary/aromatic N) is 7. The van der Waals surface area contributed by atoms with Crippen LogP contribution in [0, 0.1) is 11.3 Å². The smallest absolute Gasteiger partial charge is 0.266 e. The van der Waals surface area contributed by atoms with Crippen LogP contribution in [0.25, 0.3) is 27.7 Å². The van der Waals surface area contributed by atoms with E-state index < -0.39 is 6.04 Å². The molecule has 10 nitrogen and oxygen atoms in total. The molecule has 0 amide bonds. The molecule has 3 N–H and O–H groups in total. The number of hydrogen-bond acceptors (Lipinski definition) is 8. The van der Waals surface area contributed by atoms with E-state index >= 15 is 0 Å². The van der Waals surface area contributed by atoms with E-state index in [1.54, 1.807) is 15.4 Å². The minimum atomic E-state index is -0.504. The number of benzene rings is 2. The van der Waals surface area contributed by atoms with Crippen molar-refractivity contribution in [1.82, 2.24) is 29.3 Å². The molecule has 0 radical (unpaired) electrons. The summed E-state index contributed by atoms with van der Waals surface area (Å²) in [6.07, 6.45) is 4.94. The molecule has 1 atom stereocenters. The lowest BCUT2D eigenvalue weighted by Gasteiger charge is -2.21. The van der Waals surface area contributed by atoms with E-state index in [0.29, 0.717) is 22.4 Å². The van der Waals surface area contributed by atoms with E-state index in [4.69, 9.17) is 10.7 Å². The Morgan fingerprint density at radius 2 is 1.89 bits per heavy atom. The predicted octanol–water partition coefficient (Wildman–Crippen LogP) is 3.20. The first-order valence-corrected chi connectivity index (χ1v) is 10.9. The van der Waals surface area contributed by atoms with Gasteiger partial charge < -0.3 is 11.1 Å². The summed E-state index contributed by atoms with van der Waals surface area (Å²) in [5.74, 6) is 0.760. The van der Waals surface area contributed by atoms with Gasteiger partial charge >= 0.3 is 0 Å². The largest absolute Gasteiger partial charge is 0.368 e. The summed E-state index contributed by atoms with van der Waals surface area (Å²) in [6, 6.07) is 16.4. The Kier molecular flexibility index (Phi) is 5.43. The summed E-state index contributed by atoms with van der Waals surface area (Å²) in [6.45, 7) is 1.84. The highest BCUT2D eigenvalue weighted by molar-refractivity contribution is 5.94. The van der Waals surface area contributed by atoms with Crippen LogP contribution in [-0.2, 0) is 7.05 Å². The van der Waals surface area contributed by atoms with Crippen molar-refractivity contribution < 1.29 is 0 Å². The van der Waals surface area contributed by atoms with Gasteiger partial charge in [-0.3, -0.25) is 14.0 Å². The van der Waals surface area contributed by atoms with Crippen LogP contribution in [0.2, 0.25) is 0 Å². The lowest BCUT2D eigenvalue weighted by molar-refractivity contribution is 0.730. The molecule has 0 bridgehead atoms. The van der Waals surface area contributed by atoms with Crippen molar-refractivity contribution in [2.24, 2.45) is 7.05 Å². The summed E-state index contributed by atoms with van der Waals surface area (Å²) in [7, 11) is 1.83. The monoisotopic (exact) mass is 463 g/mol. The van der Waals surface area contributed by atoms with Gasteiger partial charge in [0.25, 0.3) is 5.56 Å². The molecule has 0 fully saturated rings. The van der Waals surface area contributed by atoms with Gasteiger partial charge in [0.1, 0.15) is 23.3 Å². The molecule has 0 aliphatic heterocycles. The maximum absolute atomic E-state index is 14.1. The SMILES string of the molecule is C[C@H](Nc1nc(N)ncc1C#N)c1nc2cccc(-c3cnn(C)c3)c2c(=O)n1-c1ccccc1. The molecule has 0 spiro atoms. The third kappa shape index (κ3) is 3.95. The Hall–Kier alpha value is -5.04. The lowest BCUT2D eigenvalue weighted by atomic mass is 10.0. The quantitative estimate of drug-likeness (QED) is 0.405. The summed E-state index contributed by atoms with van der Waals surface area (Å²) < 4.78 is 3.27. The second-order valence-electron chi connectivity index (χ2n) is 8.02. The van der Waals surface area contributed by atoms with Crippen molar-refractivity contribution >= 4 is 22.7 Å². The third-order valence-electron chi connectivity index (χ3n) is 5.62. The van der Waals surface area contributed by atoms with Crippen molar-refractivity contribution in [3.63, 3.8) is 0 Å². The van der Waals surface area contributed by atoms with E-state index in [1.807, 2.05) is 68.7 Å². The van der Waals surface area contributed by atoms with Crippen LogP contribution >= 0.6 is 0 Å². The molecule has 5 rings (SSSR count). The summed E-state index contributed by atoms with van der Waals surface area (Å²) in [5, 5.41) is 17.4. The lowest BCUT2D eigenvalue weighted by Crippen LogP contribution is -2.28. The van der Waals surface area contributed by atoms with Gasteiger partial charge in [-0.05, 0) is 30.7 Å². The zero-order valence-corrected chi connectivity index (χ0v) is 19.0. The molecule has 0 aliphatic carbocycles. The number of hydrogen-bond donors (Lipinski definition) is 2. The number of fused-ring (bicyclic) bond motifs is 1. The number of rotatable bonds is 5. The number of aromatic nitrogens is 6. The molecule has 3 aromatic heterocycles. The Labute approximate surface area is 200 Å². The molecule has 5 aromatic rings. The Balaban J connectivity index is 1.74. The molecular formula is C25H21N9O. The zero-order chi connectivity index (χ0) is 24.5. The van der Waals surface area contributed by atoms with Gasteiger partial charge in [-0.25, -0.2) is 9.97 Å². The Bertz CT molecular complexity index is 1650. The molecule has 2 aromatic carbocycles. The normalized spacial score (nSPS) is 11.8. The molecule has 35 heavy (non-hydrogen) atoms. The number of para-hydroxylation sites is 1. The molecule has 0 saturated heterocycles. The first kappa shape index (κ1) is 21.8. The summed E-state index contributed by atoms with van der Waals surface area (Å²) in [5.41, 5.74) is 8.55. The first-order chi connectivity index (χ1) is 17.0. The van der Waals surface area contributed by atoms with Gasteiger partial charge in [0.2, 0.25) is 5.95 Å². The van der Waals surface area contributed by atoms with Crippen molar-refractivity contribution in [3.05, 3.63) is 88.9 Å². The highest BCUT2D eigenvalue weighted by Gasteiger charge is 2.21. The Morgan fingerprint density at radius 3 is 2.60 bits per heavy atom. The topological polar surface area (TPSA) is 140 Å². The number of nitrogens with one attached hydrogen (secondary N) is 1. The van der Waals surface area contributed by atoms with Gasteiger partial charge in [0.05, 0.1) is 35.0 Å². The van der Waals surface area contributed by atoms with Crippen LogP contribution in [-0.4, -0.2) is 29.3 Å². The van der Waals surface area contributed by atoms with Crippen LogP contribution in [0.3, 0.4) is 0 Å². The molecule has 0 aliphatic rings. The minimum Gasteiger partial charge on any atom is -0.368 e. The van der Waals surface area contributed by atoms with Crippen molar-refractivity contribution in [2.75, 3.05) is 11.1 Å². The average Bonchev–Trinajstić information content (AvgIpc) is 3.30. The molecular weight excluding hydrogens is 442 g/mol. The molecule has 172 valence electrons. The van der Waals surface area contributed by atoms with Gasteiger partial charge in [-0.2, -0.15) is 15.3 Å². The van der Waals surface area contributed by atoms with Gasteiger partial charge in [-0.15, -0.1) is 0 Å². The van der Waals surface area contributed by atoms with Crippen LogP contribution < -0.4 is 16.6 Å². The molecule has 3 heterocycles. The first-order valence-electron chi connectivity index (χ1n) is 10.9. The molecule has 0 unspecified atom stereocenters. The number of nitrogens with two attached hydrogens (primary N) is 1. The fourth-order valence-corrected chi connectivity index (χ4v) is 4.02. The highest BCUT2D eigenvalue weighted by Crippen LogP contribution is 2.28. The van der Waals surface area contributed by atoms with Crippen LogP contribution in [0.5, 0.6) is 0 Å². The van der Waals surface area contributed by atoms with E-state index in [0.717, 1.165) is 11.1 Å². The predicted molar refractivity (Wildman–Crippen MR) is 133 cm³/mol. The van der Waals surface area contributed by atoms with E-state index in [2.05, 4.69) is 26.5 Å². The minimum absolute atomic E-state index is 0.0340. The van der Waals surface area contributed by atoms with Gasteiger partial charge in [0.15, 0.2) is 0 Å². The third-order valence-corrected chi connectivity index (χ3v) is 5.62. The van der Waals surface area contributed by atoms with Crippen molar-refractivity contribution in [3.8, 4) is 22.9 Å². The maximum Gasteiger partial charge on any atom is 0.266 e. The fraction of sp³-hybridized carbons (Fsp3) is 0.120. The zero-order valence-electron chi connectivity index (χ0n) is 19.0. The van der Waals surface area contributed by atoms with E-state index in [9.17, 15) is 10.1 Å². The number of nitriles is 1. The number of aryl methyl sites for hydroxylation is 1. The second kappa shape index (κ2) is 8.72. The summed E-state index contributed by atoms with van der Waals surface area (Å²) >= 11 is 0. The number of nitrogen functional groups attached to an aromatic ring is 1. The fourth-order valence-electron chi connectivity index (χ4n) is 4.02. The maximum atomic E-state index is 14.1. The van der Waals surface area contributed by atoms with Gasteiger partial charge in [-0.1, -0.05) is 30.3 Å². The second-order valence-corrected chi connectivity index (χ2v) is 8.02. The summed E-state index contributed by atoms with van der Waals surface area (Å²) in [4.78, 5) is 27.0. The number of anilines is 2. The van der Waals surface area contributed by atoms with Gasteiger partial charge in [0, 0.05) is 18.8 Å². The van der Waals surface area contributed by atoms with Crippen LogP contribution in [0.1, 0.15) is 24.4 Å². The molecule has 0 saturated carbocycles. The van der Waals surface area contributed by atoms with Crippen molar-refractivity contribution in [2.45, 2.75) is 13.0 Å². The standard InChI is InChI=1S/C25H21N9O/c1-15(30-22-16(11-26)12-28-25(27)32-22)23-31-20-10-6-9-19(17-13-29-33(2)14-17)21(20)24(35)34(23)18-7-4-3-5-8-18/h3-10,12-15H,1-2H3,(H3,27,28,30,32)/t15-/m0/s1. The average molecular weight is 464 g/mol.